The summed E-state index contributed by atoms with van der Waals surface area (Å²) in [5.74, 6) is 1.02. The highest BCUT2D eigenvalue weighted by Crippen LogP contribution is 2.26. The highest BCUT2D eigenvalue weighted by Gasteiger charge is 2.36. The lowest BCUT2D eigenvalue weighted by Gasteiger charge is -2.31. The number of carbonyl (C=O) groups is 1. The van der Waals surface area contributed by atoms with E-state index in [1.165, 1.54) is 19.3 Å². The van der Waals surface area contributed by atoms with Crippen LogP contribution in [-0.4, -0.2) is 34.2 Å². The van der Waals surface area contributed by atoms with Crippen LogP contribution in [0, 0.1) is 0 Å². The third-order valence-corrected chi connectivity index (χ3v) is 5.20. The standard InChI is InChI=1S/C18H24N4O2.2ClH/c19-18(7-10-24-11-8-18)17(23)20-13-5-6-15-14(12-13)21-16-4-2-1-3-9-22(15)16;;/h5-6,12H,1-4,7-11,19H2,(H,20,23);2*1H. The first-order valence-electron chi connectivity index (χ1n) is 8.83. The topological polar surface area (TPSA) is 82.2 Å². The number of fused-ring (bicyclic) bond motifs is 3. The van der Waals surface area contributed by atoms with Crippen LogP contribution >= 0.6 is 24.8 Å². The Morgan fingerprint density at radius 3 is 2.73 bits per heavy atom. The molecule has 1 fully saturated rings. The maximum absolute atomic E-state index is 12.5. The van der Waals surface area contributed by atoms with Gasteiger partial charge >= 0.3 is 0 Å². The van der Waals surface area contributed by atoms with Crippen LogP contribution in [0.15, 0.2) is 18.2 Å². The van der Waals surface area contributed by atoms with Gasteiger partial charge in [-0.05, 0) is 43.9 Å². The van der Waals surface area contributed by atoms with Crippen LogP contribution < -0.4 is 11.1 Å². The van der Waals surface area contributed by atoms with E-state index in [-0.39, 0.29) is 30.7 Å². The van der Waals surface area contributed by atoms with Gasteiger partial charge in [0.1, 0.15) is 11.4 Å². The minimum Gasteiger partial charge on any atom is -0.381 e. The number of nitrogens with one attached hydrogen (secondary N) is 1. The van der Waals surface area contributed by atoms with Crippen molar-refractivity contribution < 1.29 is 9.53 Å². The molecule has 0 radical (unpaired) electrons. The number of amides is 1. The van der Waals surface area contributed by atoms with Gasteiger partial charge in [-0.2, -0.15) is 0 Å². The van der Waals surface area contributed by atoms with Crippen LogP contribution in [0.1, 0.15) is 37.9 Å². The van der Waals surface area contributed by atoms with Gasteiger partial charge in [-0.1, -0.05) is 6.42 Å². The van der Waals surface area contributed by atoms with E-state index in [9.17, 15) is 4.79 Å². The summed E-state index contributed by atoms with van der Waals surface area (Å²) in [6.07, 6.45) is 5.81. The largest absolute Gasteiger partial charge is 0.381 e. The lowest BCUT2D eigenvalue weighted by Crippen LogP contribution is -2.54. The zero-order valence-corrected chi connectivity index (χ0v) is 16.3. The minimum absolute atomic E-state index is 0. The Morgan fingerprint density at radius 1 is 1.19 bits per heavy atom. The molecule has 1 amide bonds. The van der Waals surface area contributed by atoms with Crippen molar-refractivity contribution in [1.82, 2.24) is 9.55 Å². The number of anilines is 1. The van der Waals surface area contributed by atoms with Gasteiger partial charge in [0.25, 0.3) is 0 Å². The van der Waals surface area contributed by atoms with Gasteiger partial charge in [-0.15, -0.1) is 24.8 Å². The van der Waals surface area contributed by atoms with E-state index in [1.807, 2.05) is 12.1 Å². The third-order valence-electron chi connectivity index (χ3n) is 5.20. The first kappa shape index (κ1) is 21.0. The van der Waals surface area contributed by atoms with E-state index in [0.29, 0.717) is 26.1 Å². The number of hydrogen-bond acceptors (Lipinski definition) is 4. The summed E-state index contributed by atoms with van der Waals surface area (Å²) in [6, 6.07) is 5.96. The zero-order chi connectivity index (χ0) is 16.6. The Kier molecular flexibility index (Phi) is 6.91. The molecule has 6 nitrogen and oxygen atoms in total. The fraction of sp³-hybridized carbons (Fsp3) is 0.556. The Bertz CT molecular complexity index is 772. The van der Waals surface area contributed by atoms with Crippen molar-refractivity contribution in [2.75, 3.05) is 18.5 Å². The van der Waals surface area contributed by atoms with Gasteiger partial charge in [0.2, 0.25) is 5.91 Å². The van der Waals surface area contributed by atoms with Gasteiger partial charge < -0.3 is 20.4 Å². The molecule has 0 unspecified atom stereocenters. The van der Waals surface area contributed by atoms with Crippen LogP contribution in [0.2, 0.25) is 0 Å². The molecule has 1 aromatic carbocycles. The molecule has 1 aromatic heterocycles. The first-order valence-corrected chi connectivity index (χ1v) is 8.83. The second kappa shape index (κ2) is 8.57. The summed E-state index contributed by atoms with van der Waals surface area (Å²) in [7, 11) is 0. The molecule has 3 N–H and O–H groups in total. The van der Waals surface area contributed by atoms with Crippen molar-refractivity contribution in [2.45, 2.75) is 50.6 Å². The monoisotopic (exact) mass is 400 g/mol. The molecule has 26 heavy (non-hydrogen) atoms. The van der Waals surface area contributed by atoms with Gasteiger partial charge in [0, 0.05) is 31.9 Å². The van der Waals surface area contributed by atoms with Crippen LogP contribution in [0.4, 0.5) is 5.69 Å². The molecule has 0 bridgehead atoms. The van der Waals surface area contributed by atoms with Crippen molar-refractivity contribution in [3.05, 3.63) is 24.0 Å². The number of rotatable bonds is 2. The maximum atomic E-state index is 12.5. The number of halogens is 2. The molecule has 0 atom stereocenters. The molecule has 1 saturated heterocycles. The van der Waals surface area contributed by atoms with Crippen molar-refractivity contribution in [1.29, 1.82) is 0 Å². The van der Waals surface area contributed by atoms with E-state index in [1.54, 1.807) is 0 Å². The fourth-order valence-corrected chi connectivity index (χ4v) is 3.65. The fourth-order valence-electron chi connectivity index (χ4n) is 3.65. The summed E-state index contributed by atoms with van der Waals surface area (Å²) in [5.41, 5.74) is 8.27. The van der Waals surface area contributed by atoms with E-state index < -0.39 is 5.54 Å². The number of benzene rings is 1. The van der Waals surface area contributed by atoms with Crippen molar-refractivity contribution >= 4 is 47.4 Å². The number of ether oxygens (including phenoxy) is 1. The first-order chi connectivity index (χ1) is 11.7. The summed E-state index contributed by atoms with van der Waals surface area (Å²) < 4.78 is 7.62. The van der Waals surface area contributed by atoms with Crippen LogP contribution in [0.25, 0.3) is 11.0 Å². The van der Waals surface area contributed by atoms with E-state index in [2.05, 4.69) is 16.0 Å². The number of carbonyl (C=O) groups excluding carboxylic acids is 1. The molecule has 0 spiro atoms. The molecular formula is C18H26Cl2N4O2. The Hall–Kier alpha value is -1.34. The smallest absolute Gasteiger partial charge is 0.244 e. The highest BCUT2D eigenvalue weighted by molar-refractivity contribution is 5.99. The Morgan fingerprint density at radius 2 is 1.96 bits per heavy atom. The molecule has 3 heterocycles. The second-order valence-electron chi connectivity index (χ2n) is 6.92. The number of nitrogens with two attached hydrogens (primary N) is 1. The number of aryl methyl sites for hydroxylation is 2. The van der Waals surface area contributed by atoms with Crippen LogP contribution in [-0.2, 0) is 22.5 Å². The molecule has 2 aliphatic heterocycles. The van der Waals surface area contributed by atoms with Gasteiger partial charge in [0.05, 0.1) is 11.0 Å². The normalized spacial score (nSPS) is 18.8. The Labute approximate surface area is 165 Å². The summed E-state index contributed by atoms with van der Waals surface area (Å²) in [6.45, 7) is 2.11. The zero-order valence-electron chi connectivity index (χ0n) is 14.7. The third kappa shape index (κ3) is 3.98. The number of nitrogens with zero attached hydrogens (tertiary/aromatic N) is 2. The lowest BCUT2D eigenvalue weighted by atomic mass is 9.90. The van der Waals surface area contributed by atoms with E-state index in [0.717, 1.165) is 35.5 Å². The quantitative estimate of drug-likeness (QED) is 0.811. The maximum Gasteiger partial charge on any atom is 0.244 e. The van der Waals surface area contributed by atoms with E-state index in [4.69, 9.17) is 15.5 Å². The van der Waals surface area contributed by atoms with Gasteiger partial charge in [-0.25, -0.2) is 4.98 Å². The molecule has 0 saturated carbocycles. The van der Waals surface area contributed by atoms with Crippen molar-refractivity contribution in [3.63, 3.8) is 0 Å². The average molecular weight is 401 g/mol. The molecule has 0 aliphatic carbocycles. The van der Waals surface area contributed by atoms with Crippen molar-refractivity contribution in [3.8, 4) is 0 Å². The lowest BCUT2D eigenvalue weighted by molar-refractivity contribution is -0.124. The molecular weight excluding hydrogens is 375 g/mol. The molecule has 144 valence electrons. The SMILES string of the molecule is Cl.Cl.NC1(C(=O)Nc2ccc3c(c2)nc2n3CCCCC2)CCOCC1. The number of hydrogen-bond donors (Lipinski definition) is 2. The number of imidazole rings is 1. The summed E-state index contributed by atoms with van der Waals surface area (Å²) >= 11 is 0. The predicted molar refractivity (Wildman–Crippen MR) is 107 cm³/mol. The average Bonchev–Trinajstić information content (AvgIpc) is 2.76. The summed E-state index contributed by atoms with van der Waals surface area (Å²) in [5, 5.41) is 2.97. The summed E-state index contributed by atoms with van der Waals surface area (Å²) in [4.78, 5) is 17.3. The Balaban J connectivity index is 0.00000121. The van der Waals surface area contributed by atoms with Gasteiger partial charge in [0.15, 0.2) is 0 Å². The van der Waals surface area contributed by atoms with Crippen LogP contribution in [0.3, 0.4) is 0 Å². The van der Waals surface area contributed by atoms with Crippen molar-refractivity contribution in [2.24, 2.45) is 5.73 Å². The molecule has 8 heteroatoms. The highest BCUT2D eigenvalue weighted by atomic mass is 35.5. The molecule has 2 aliphatic rings. The second-order valence-corrected chi connectivity index (χ2v) is 6.92. The number of aromatic nitrogens is 2. The predicted octanol–water partition coefficient (Wildman–Crippen LogP) is 3.05. The van der Waals surface area contributed by atoms with Gasteiger partial charge in [-0.3, -0.25) is 4.79 Å². The minimum atomic E-state index is -0.835. The van der Waals surface area contributed by atoms with E-state index >= 15 is 0 Å². The molecule has 4 rings (SSSR count). The molecule has 2 aromatic rings. The van der Waals surface area contributed by atoms with Crippen LogP contribution in [0.5, 0.6) is 0 Å².